The van der Waals surface area contributed by atoms with Gasteiger partial charge in [0.15, 0.2) is 0 Å². The zero-order valence-electron chi connectivity index (χ0n) is 21.8. The number of nitrogens with one attached hydrogen (secondary N) is 2. The van der Waals surface area contributed by atoms with E-state index >= 15 is 0 Å². The maximum atomic E-state index is 12.7. The van der Waals surface area contributed by atoms with E-state index in [1.54, 1.807) is 21.7 Å². The van der Waals surface area contributed by atoms with Crippen molar-refractivity contribution < 1.29 is 13.2 Å². The van der Waals surface area contributed by atoms with Crippen LogP contribution >= 0.6 is 0 Å². The van der Waals surface area contributed by atoms with Crippen molar-refractivity contribution in [1.29, 1.82) is 0 Å². The molecule has 3 aromatic rings. The van der Waals surface area contributed by atoms with Gasteiger partial charge in [0.2, 0.25) is 11.9 Å². The fraction of sp³-hybridized carbons (Fsp3) is 0.385. The average molecular weight is 553 g/mol. The van der Waals surface area contributed by atoms with Crippen molar-refractivity contribution in [2.45, 2.75) is 13.0 Å². The van der Waals surface area contributed by atoms with Gasteiger partial charge in [-0.3, -0.25) is 14.2 Å². The van der Waals surface area contributed by atoms with Crippen LogP contribution < -0.4 is 20.5 Å². The number of carbonyl (C=O) groups excluding carboxylic acids is 1. The molecular formula is C26H32N8O4S. The summed E-state index contributed by atoms with van der Waals surface area (Å²) in [5.41, 5.74) is 2.22. The molecule has 0 bridgehead atoms. The number of aromatic nitrogens is 3. The number of fused-ring (bicyclic) bond motifs is 1. The lowest BCUT2D eigenvalue weighted by molar-refractivity contribution is -0.132. The maximum Gasteiger partial charge on any atom is 0.279 e. The van der Waals surface area contributed by atoms with E-state index in [1.165, 1.54) is 23.5 Å². The van der Waals surface area contributed by atoms with Crippen LogP contribution in [-0.2, 0) is 21.5 Å². The molecule has 13 heteroatoms. The molecule has 0 atom stereocenters. The maximum absolute atomic E-state index is 12.7. The van der Waals surface area contributed by atoms with Crippen LogP contribution in [0.4, 0.5) is 17.3 Å². The molecule has 0 spiro atoms. The lowest BCUT2D eigenvalue weighted by Gasteiger charge is -2.38. The van der Waals surface area contributed by atoms with Crippen LogP contribution in [0.2, 0.25) is 0 Å². The van der Waals surface area contributed by atoms with Crippen LogP contribution in [0.5, 0.6) is 0 Å². The number of piperazine rings is 1. The fourth-order valence-electron chi connectivity index (χ4n) is 4.92. The van der Waals surface area contributed by atoms with Crippen molar-refractivity contribution in [1.82, 2.24) is 28.5 Å². The van der Waals surface area contributed by atoms with Gasteiger partial charge in [0.25, 0.3) is 15.8 Å². The molecular weight excluding hydrogens is 520 g/mol. The lowest BCUT2D eigenvalue weighted by Crippen LogP contribution is -2.51. The first-order valence-electron chi connectivity index (χ1n) is 12.9. The second-order valence-corrected chi connectivity index (χ2v) is 11.5. The Morgan fingerprint density at radius 2 is 1.82 bits per heavy atom. The van der Waals surface area contributed by atoms with E-state index in [4.69, 9.17) is 0 Å². The molecule has 0 saturated carbocycles. The van der Waals surface area contributed by atoms with Gasteiger partial charge >= 0.3 is 0 Å². The number of anilines is 3. The van der Waals surface area contributed by atoms with Crippen LogP contribution in [0, 0.1) is 5.92 Å². The van der Waals surface area contributed by atoms with Gasteiger partial charge < -0.3 is 15.1 Å². The van der Waals surface area contributed by atoms with Crippen molar-refractivity contribution in [2.75, 3.05) is 56.5 Å². The number of amides is 1. The van der Waals surface area contributed by atoms with Crippen LogP contribution in [0.1, 0.15) is 6.42 Å². The second-order valence-electron chi connectivity index (χ2n) is 9.66. The molecule has 12 nitrogen and oxygen atoms in total. The summed E-state index contributed by atoms with van der Waals surface area (Å²) in [6, 6.07) is 11.0. The van der Waals surface area contributed by atoms with E-state index in [9.17, 15) is 18.0 Å². The highest BCUT2D eigenvalue weighted by molar-refractivity contribution is 7.87. The Balaban J connectivity index is 1.24. The standard InChI is InChI=1S/C26H32N8O4S/c1-3-23(35)32-17-19(18-32)10-11-34-24(36)9-4-20-16-28-26(30-25(20)34)29-21-5-7-22(8-6-21)31-12-14-33(15-13-31)39(37,38)27-2/h3-9,16,19,27H,1,10-15,17-18H2,2H3,(H,28,29,30). The van der Waals surface area contributed by atoms with Gasteiger partial charge in [-0.15, -0.1) is 0 Å². The summed E-state index contributed by atoms with van der Waals surface area (Å²) in [4.78, 5) is 37.3. The molecule has 2 aliphatic heterocycles. The summed E-state index contributed by atoms with van der Waals surface area (Å²) in [7, 11) is -1.99. The van der Waals surface area contributed by atoms with E-state index in [0.29, 0.717) is 63.3 Å². The summed E-state index contributed by atoms with van der Waals surface area (Å²) in [5.74, 6) is 0.657. The molecule has 1 amide bonds. The lowest BCUT2D eigenvalue weighted by atomic mass is 9.96. The third-order valence-electron chi connectivity index (χ3n) is 7.25. The molecule has 206 valence electrons. The Bertz CT molecular complexity index is 1530. The van der Waals surface area contributed by atoms with E-state index < -0.39 is 10.2 Å². The predicted molar refractivity (Wildman–Crippen MR) is 150 cm³/mol. The minimum atomic E-state index is -3.41. The number of carbonyl (C=O) groups is 1. The Morgan fingerprint density at radius 1 is 1.10 bits per heavy atom. The number of nitrogens with zero attached hydrogens (tertiary/aromatic N) is 6. The zero-order valence-corrected chi connectivity index (χ0v) is 22.6. The monoisotopic (exact) mass is 552 g/mol. The van der Waals surface area contributed by atoms with Gasteiger partial charge in [-0.25, -0.2) is 9.71 Å². The Morgan fingerprint density at radius 3 is 2.49 bits per heavy atom. The number of aryl methyl sites for hydroxylation is 1. The molecule has 2 N–H and O–H groups in total. The van der Waals surface area contributed by atoms with Gasteiger partial charge in [-0.1, -0.05) is 6.58 Å². The molecule has 0 radical (unpaired) electrons. The third-order valence-corrected chi connectivity index (χ3v) is 8.81. The minimum Gasteiger partial charge on any atom is -0.369 e. The van der Waals surface area contributed by atoms with Crippen LogP contribution in [0.15, 0.2) is 60.0 Å². The second kappa shape index (κ2) is 11.1. The third kappa shape index (κ3) is 5.79. The zero-order chi connectivity index (χ0) is 27.6. The highest BCUT2D eigenvalue weighted by atomic mass is 32.2. The molecule has 4 heterocycles. The van der Waals surface area contributed by atoms with Gasteiger partial charge in [-0.05, 0) is 48.7 Å². The Hall–Kier alpha value is -3.81. The van der Waals surface area contributed by atoms with Crippen molar-refractivity contribution >= 4 is 44.5 Å². The molecule has 2 fully saturated rings. The van der Waals surface area contributed by atoms with Crippen LogP contribution in [0.3, 0.4) is 0 Å². The van der Waals surface area contributed by atoms with E-state index in [0.717, 1.165) is 23.2 Å². The molecule has 0 aliphatic carbocycles. The van der Waals surface area contributed by atoms with Crippen molar-refractivity contribution in [2.24, 2.45) is 5.92 Å². The number of pyridine rings is 1. The minimum absolute atomic E-state index is 0.0624. The van der Waals surface area contributed by atoms with E-state index in [2.05, 4.69) is 31.5 Å². The predicted octanol–water partition coefficient (Wildman–Crippen LogP) is 1.16. The van der Waals surface area contributed by atoms with Gasteiger partial charge in [0.05, 0.1) is 0 Å². The normalized spacial score (nSPS) is 16.7. The summed E-state index contributed by atoms with van der Waals surface area (Å²) in [6.45, 7) is 7.41. The summed E-state index contributed by atoms with van der Waals surface area (Å²) in [6.07, 6.45) is 3.79. The highest BCUT2D eigenvalue weighted by Crippen LogP contribution is 2.23. The number of rotatable bonds is 9. The Labute approximate surface area is 227 Å². The van der Waals surface area contributed by atoms with E-state index in [1.807, 2.05) is 24.3 Å². The fourth-order valence-corrected chi connectivity index (χ4v) is 5.82. The molecule has 39 heavy (non-hydrogen) atoms. The molecule has 0 unspecified atom stereocenters. The largest absolute Gasteiger partial charge is 0.369 e. The smallest absolute Gasteiger partial charge is 0.279 e. The van der Waals surface area contributed by atoms with Gasteiger partial charge in [0, 0.05) is 81.9 Å². The summed E-state index contributed by atoms with van der Waals surface area (Å²) < 4.78 is 29.5. The molecule has 2 aliphatic rings. The summed E-state index contributed by atoms with van der Waals surface area (Å²) in [5, 5.41) is 3.98. The number of hydrogen-bond donors (Lipinski definition) is 2. The molecule has 1 aromatic carbocycles. The van der Waals surface area contributed by atoms with Gasteiger partial charge in [-0.2, -0.15) is 17.7 Å². The average Bonchev–Trinajstić information content (AvgIpc) is 2.93. The van der Waals surface area contributed by atoms with Crippen LogP contribution in [-0.4, -0.2) is 84.4 Å². The van der Waals surface area contributed by atoms with Gasteiger partial charge in [0.1, 0.15) is 5.65 Å². The first kappa shape index (κ1) is 26.8. The number of likely N-dealkylation sites (tertiary alicyclic amines) is 1. The highest BCUT2D eigenvalue weighted by Gasteiger charge is 2.29. The van der Waals surface area contributed by atoms with Crippen molar-refractivity contribution in [3.05, 3.63) is 65.6 Å². The SMILES string of the molecule is C=CC(=O)N1CC(CCn2c(=O)ccc3cnc(Nc4ccc(N5CCN(S(=O)(=O)NC)CC5)cc4)nc32)C1. The Kier molecular flexibility index (Phi) is 7.64. The summed E-state index contributed by atoms with van der Waals surface area (Å²) >= 11 is 0. The first-order valence-corrected chi connectivity index (χ1v) is 14.3. The number of hydrogen-bond acceptors (Lipinski definition) is 8. The molecule has 5 rings (SSSR count). The molecule has 2 saturated heterocycles. The number of benzene rings is 1. The topological polar surface area (TPSA) is 133 Å². The molecule has 2 aromatic heterocycles. The van der Waals surface area contributed by atoms with Crippen LogP contribution in [0.25, 0.3) is 11.0 Å². The first-order chi connectivity index (χ1) is 18.8. The van der Waals surface area contributed by atoms with Crippen molar-refractivity contribution in [3.63, 3.8) is 0 Å². The van der Waals surface area contributed by atoms with Crippen molar-refractivity contribution in [3.8, 4) is 0 Å². The van der Waals surface area contributed by atoms with E-state index in [-0.39, 0.29) is 11.5 Å². The quantitative estimate of drug-likeness (QED) is 0.378.